The topological polar surface area (TPSA) is 42.2 Å². The van der Waals surface area contributed by atoms with E-state index >= 15 is 0 Å². The molecule has 0 unspecified atom stereocenters. The fraction of sp³-hybridized carbons (Fsp3) is 0.261. The Morgan fingerprint density at radius 1 is 1.08 bits per heavy atom. The molecule has 3 aromatic rings. The average Bonchev–Trinajstić information content (AvgIpc) is 3.02. The largest absolute Gasteiger partial charge is 0.478 e. The molecule has 0 bridgehead atoms. The van der Waals surface area contributed by atoms with E-state index in [0.29, 0.717) is 0 Å². The quantitative estimate of drug-likeness (QED) is 0.572. The summed E-state index contributed by atoms with van der Waals surface area (Å²) in [5, 5.41) is 10.0. The lowest BCUT2D eigenvalue weighted by Gasteiger charge is -2.08. The average molecular weight is 347 g/mol. The number of carboxylic acids is 1. The van der Waals surface area contributed by atoms with Crippen molar-refractivity contribution in [3.63, 3.8) is 0 Å². The molecule has 3 rings (SSSR count). The number of benzene rings is 2. The van der Waals surface area contributed by atoms with Gasteiger partial charge in [0.15, 0.2) is 0 Å². The fourth-order valence-corrected chi connectivity index (χ4v) is 3.24. The molecule has 26 heavy (non-hydrogen) atoms. The van der Waals surface area contributed by atoms with Gasteiger partial charge in [-0.25, -0.2) is 4.79 Å². The van der Waals surface area contributed by atoms with E-state index in [4.69, 9.17) is 5.11 Å². The number of rotatable bonds is 7. The van der Waals surface area contributed by atoms with E-state index in [0.717, 1.165) is 35.0 Å². The minimum absolute atomic E-state index is 0.759. The second kappa shape index (κ2) is 8.05. The van der Waals surface area contributed by atoms with Gasteiger partial charge in [0.1, 0.15) is 0 Å². The number of carbonyl (C=O) groups is 1. The molecule has 1 N–H and O–H groups in total. The lowest BCUT2D eigenvalue weighted by Crippen LogP contribution is -1.98. The Bertz CT molecular complexity index is 933. The van der Waals surface area contributed by atoms with Gasteiger partial charge < -0.3 is 9.67 Å². The normalized spacial score (nSPS) is 11.8. The first kappa shape index (κ1) is 18.0. The van der Waals surface area contributed by atoms with Crippen molar-refractivity contribution in [2.24, 2.45) is 0 Å². The van der Waals surface area contributed by atoms with Crippen molar-refractivity contribution in [2.75, 3.05) is 0 Å². The second-order valence-corrected chi connectivity index (χ2v) is 6.80. The van der Waals surface area contributed by atoms with Gasteiger partial charge in [0.2, 0.25) is 0 Å². The number of unbranched alkanes of at least 4 members (excludes halogenated alkanes) is 1. The summed E-state index contributed by atoms with van der Waals surface area (Å²) in [5.41, 5.74) is 5.55. The van der Waals surface area contributed by atoms with E-state index in [1.165, 1.54) is 30.0 Å². The smallest absolute Gasteiger partial charge is 0.328 e. The summed E-state index contributed by atoms with van der Waals surface area (Å²) >= 11 is 0. The first-order chi connectivity index (χ1) is 12.6. The molecule has 0 atom stereocenters. The SMILES string of the molecule is CCCCc1ccc(Cn2ccc3cc(C(C)=CC(=O)O)ccc32)cc1. The van der Waals surface area contributed by atoms with E-state index in [2.05, 4.69) is 60.2 Å². The predicted molar refractivity (Wildman–Crippen MR) is 107 cm³/mol. The minimum atomic E-state index is -0.914. The number of aromatic nitrogens is 1. The molecule has 0 aliphatic rings. The van der Waals surface area contributed by atoms with E-state index in [9.17, 15) is 4.79 Å². The molecule has 134 valence electrons. The number of aliphatic carboxylic acids is 1. The summed E-state index contributed by atoms with van der Waals surface area (Å²) in [4.78, 5) is 10.9. The zero-order valence-corrected chi connectivity index (χ0v) is 15.4. The Hall–Kier alpha value is -2.81. The Morgan fingerprint density at radius 2 is 1.81 bits per heavy atom. The molecule has 3 nitrogen and oxygen atoms in total. The molecular weight excluding hydrogens is 322 g/mol. The van der Waals surface area contributed by atoms with Gasteiger partial charge in [-0.05, 0) is 60.2 Å². The van der Waals surface area contributed by atoms with Gasteiger partial charge in [-0.2, -0.15) is 0 Å². The first-order valence-corrected chi connectivity index (χ1v) is 9.15. The van der Waals surface area contributed by atoms with Crippen LogP contribution in [-0.2, 0) is 17.8 Å². The molecule has 3 heteroatoms. The first-order valence-electron chi connectivity index (χ1n) is 9.15. The van der Waals surface area contributed by atoms with Crippen molar-refractivity contribution in [1.29, 1.82) is 0 Å². The highest BCUT2D eigenvalue weighted by molar-refractivity contribution is 5.91. The molecule has 0 aliphatic carbocycles. The Labute approximate surface area is 154 Å². The van der Waals surface area contributed by atoms with Gasteiger partial charge in [-0.1, -0.05) is 43.7 Å². The van der Waals surface area contributed by atoms with Crippen LogP contribution in [0.5, 0.6) is 0 Å². The van der Waals surface area contributed by atoms with Crippen molar-refractivity contribution >= 4 is 22.4 Å². The van der Waals surface area contributed by atoms with Gasteiger partial charge in [-0.3, -0.25) is 0 Å². The van der Waals surface area contributed by atoms with Crippen LogP contribution in [0, 0.1) is 0 Å². The lowest BCUT2D eigenvalue weighted by molar-refractivity contribution is -0.131. The zero-order valence-electron chi connectivity index (χ0n) is 15.4. The number of hydrogen-bond donors (Lipinski definition) is 1. The third kappa shape index (κ3) is 4.23. The second-order valence-electron chi connectivity index (χ2n) is 6.80. The van der Waals surface area contributed by atoms with Gasteiger partial charge >= 0.3 is 5.97 Å². The highest BCUT2D eigenvalue weighted by atomic mass is 16.4. The van der Waals surface area contributed by atoms with Gasteiger partial charge in [-0.15, -0.1) is 0 Å². The number of aryl methyl sites for hydroxylation is 1. The number of nitrogens with zero attached hydrogens (tertiary/aromatic N) is 1. The molecule has 0 aliphatic heterocycles. The van der Waals surface area contributed by atoms with E-state index in [1.54, 1.807) is 0 Å². The van der Waals surface area contributed by atoms with Crippen LogP contribution < -0.4 is 0 Å². The molecule has 0 fully saturated rings. The molecule has 2 aromatic carbocycles. The van der Waals surface area contributed by atoms with Gasteiger partial charge in [0, 0.05) is 29.7 Å². The van der Waals surface area contributed by atoms with Crippen LogP contribution in [0.2, 0.25) is 0 Å². The maximum absolute atomic E-state index is 10.9. The Balaban J connectivity index is 1.80. The molecule has 0 spiro atoms. The highest BCUT2D eigenvalue weighted by Crippen LogP contribution is 2.23. The number of allylic oxidation sites excluding steroid dienone is 1. The van der Waals surface area contributed by atoms with Gasteiger partial charge in [0.05, 0.1) is 0 Å². The molecule has 0 saturated carbocycles. The predicted octanol–water partition coefficient (Wildman–Crippen LogP) is 5.52. The number of carboxylic acid groups (broad SMARTS) is 1. The highest BCUT2D eigenvalue weighted by Gasteiger charge is 2.05. The fourth-order valence-electron chi connectivity index (χ4n) is 3.24. The van der Waals surface area contributed by atoms with E-state index in [1.807, 2.05) is 13.0 Å². The standard InChI is InChI=1S/C23H25NO2/c1-3-4-5-18-6-8-19(9-7-18)16-24-13-12-21-15-20(10-11-22(21)24)17(2)14-23(25)26/h6-15H,3-5,16H2,1-2H3,(H,25,26). The number of hydrogen-bond acceptors (Lipinski definition) is 1. The van der Waals surface area contributed by atoms with Crippen molar-refractivity contribution < 1.29 is 9.90 Å². The van der Waals surface area contributed by atoms with Crippen molar-refractivity contribution in [3.05, 3.63) is 77.5 Å². The van der Waals surface area contributed by atoms with Crippen LogP contribution in [0.15, 0.2) is 60.8 Å². The molecule has 0 amide bonds. The Morgan fingerprint density at radius 3 is 2.50 bits per heavy atom. The maximum Gasteiger partial charge on any atom is 0.328 e. The third-order valence-corrected chi connectivity index (χ3v) is 4.76. The summed E-state index contributed by atoms with van der Waals surface area (Å²) in [6.45, 7) is 4.88. The Kier molecular flexibility index (Phi) is 5.57. The van der Waals surface area contributed by atoms with Crippen molar-refractivity contribution in [2.45, 2.75) is 39.7 Å². The van der Waals surface area contributed by atoms with Crippen LogP contribution >= 0.6 is 0 Å². The van der Waals surface area contributed by atoms with E-state index in [-0.39, 0.29) is 0 Å². The minimum Gasteiger partial charge on any atom is -0.478 e. The van der Waals surface area contributed by atoms with Crippen LogP contribution in [0.1, 0.15) is 43.4 Å². The zero-order chi connectivity index (χ0) is 18.5. The third-order valence-electron chi connectivity index (χ3n) is 4.76. The van der Waals surface area contributed by atoms with Crippen LogP contribution in [-0.4, -0.2) is 15.6 Å². The summed E-state index contributed by atoms with van der Waals surface area (Å²) in [6, 6.07) is 17.1. The summed E-state index contributed by atoms with van der Waals surface area (Å²) in [6.07, 6.45) is 6.95. The monoisotopic (exact) mass is 347 g/mol. The summed E-state index contributed by atoms with van der Waals surface area (Å²) in [7, 11) is 0. The number of fused-ring (bicyclic) bond motifs is 1. The molecular formula is C23H25NO2. The van der Waals surface area contributed by atoms with Crippen LogP contribution in [0.3, 0.4) is 0 Å². The van der Waals surface area contributed by atoms with Crippen molar-refractivity contribution in [3.8, 4) is 0 Å². The van der Waals surface area contributed by atoms with Crippen LogP contribution in [0.4, 0.5) is 0 Å². The lowest BCUT2D eigenvalue weighted by atomic mass is 10.1. The molecule has 0 saturated heterocycles. The van der Waals surface area contributed by atoms with E-state index < -0.39 is 5.97 Å². The summed E-state index contributed by atoms with van der Waals surface area (Å²) < 4.78 is 2.23. The van der Waals surface area contributed by atoms with Crippen molar-refractivity contribution in [1.82, 2.24) is 4.57 Å². The molecule has 0 radical (unpaired) electrons. The molecule has 1 heterocycles. The van der Waals surface area contributed by atoms with Gasteiger partial charge in [0.25, 0.3) is 0 Å². The molecule has 1 aromatic heterocycles. The van der Waals surface area contributed by atoms with Crippen LogP contribution in [0.25, 0.3) is 16.5 Å². The summed E-state index contributed by atoms with van der Waals surface area (Å²) in [5.74, 6) is -0.914. The maximum atomic E-state index is 10.9.